The van der Waals surface area contributed by atoms with E-state index in [2.05, 4.69) is 18.0 Å². The highest BCUT2D eigenvalue weighted by molar-refractivity contribution is 5.28. The number of ether oxygens (including phenoxy) is 2. The van der Waals surface area contributed by atoms with Crippen LogP contribution in [0.2, 0.25) is 0 Å². The first kappa shape index (κ1) is 13.7. The Hall–Kier alpha value is -1.32. The van der Waals surface area contributed by atoms with Crippen LogP contribution in [0.25, 0.3) is 0 Å². The van der Waals surface area contributed by atoms with Crippen LogP contribution in [0.1, 0.15) is 12.5 Å². The molecule has 1 aromatic rings. The molecule has 0 atom stereocenters. The van der Waals surface area contributed by atoms with E-state index >= 15 is 0 Å². The van der Waals surface area contributed by atoms with E-state index in [-0.39, 0.29) is 0 Å². The smallest absolute Gasteiger partial charge is 0.119 e. The predicted molar refractivity (Wildman–Crippen MR) is 70.3 cm³/mol. The van der Waals surface area contributed by atoms with Gasteiger partial charge in [-0.25, -0.2) is 0 Å². The summed E-state index contributed by atoms with van der Waals surface area (Å²) in [5.41, 5.74) is 2.27. The van der Waals surface area contributed by atoms with E-state index in [0.717, 1.165) is 24.4 Å². The zero-order valence-electron chi connectivity index (χ0n) is 10.7. The zero-order valence-corrected chi connectivity index (χ0v) is 10.7. The maximum atomic E-state index is 5.39. The summed E-state index contributed by atoms with van der Waals surface area (Å²) in [5.74, 6) is 0.892. The van der Waals surface area contributed by atoms with Gasteiger partial charge in [-0.05, 0) is 24.6 Å². The highest BCUT2D eigenvalue weighted by atomic mass is 16.5. The predicted octanol–water partition coefficient (Wildman–Crippen LogP) is 2.38. The molecule has 0 amide bonds. The van der Waals surface area contributed by atoms with Gasteiger partial charge >= 0.3 is 0 Å². The van der Waals surface area contributed by atoms with Gasteiger partial charge in [0.05, 0.1) is 20.3 Å². The molecule has 0 aliphatic rings. The van der Waals surface area contributed by atoms with Gasteiger partial charge in [0, 0.05) is 13.1 Å². The second-order valence-electron chi connectivity index (χ2n) is 4.04. The van der Waals surface area contributed by atoms with Crippen LogP contribution in [0.5, 0.6) is 5.75 Å². The second kappa shape index (κ2) is 7.87. The fraction of sp³-hybridized carbons (Fsp3) is 0.429. The molecule has 17 heavy (non-hydrogen) atoms. The van der Waals surface area contributed by atoms with Gasteiger partial charge in [-0.15, -0.1) is 0 Å². The summed E-state index contributed by atoms with van der Waals surface area (Å²) in [4.78, 5) is 0. The Morgan fingerprint density at radius 2 is 2.24 bits per heavy atom. The first-order valence-electron chi connectivity index (χ1n) is 5.78. The van der Waals surface area contributed by atoms with Gasteiger partial charge in [-0.3, -0.25) is 0 Å². The van der Waals surface area contributed by atoms with Gasteiger partial charge in [-0.1, -0.05) is 24.3 Å². The third-order valence-electron chi connectivity index (χ3n) is 2.23. The molecule has 94 valence electrons. The quantitative estimate of drug-likeness (QED) is 0.554. The third-order valence-corrected chi connectivity index (χ3v) is 2.23. The monoisotopic (exact) mass is 235 g/mol. The van der Waals surface area contributed by atoms with Crippen LogP contribution in [-0.4, -0.2) is 26.9 Å². The lowest BCUT2D eigenvalue weighted by Gasteiger charge is -2.07. The average molecular weight is 235 g/mol. The van der Waals surface area contributed by atoms with Gasteiger partial charge < -0.3 is 14.8 Å². The Balaban J connectivity index is 2.15. The van der Waals surface area contributed by atoms with Crippen LogP contribution in [-0.2, 0) is 11.3 Å². The van der Waals surface area contributed by atoms with Crippen LogP contribution in [0.4, 0.5) is 0 Å². The minimum atomic E-state index is 0.640. The third kappa shape index (κ3) is 6.09. The Labute approximate surface area is 103 Å². The van der Waals surface area contributed by atoms with Gasteiger partial charge in [0.2, 0.25) is 0 Å². The van der Waals surface area contributed by atoms with Crippen molar-refractivity contribution in [2.75, 3.05) is 26.9 Å². The molecule has 0 aromatic heterocycles. The molecule has 1 N–H and O–H groups in total. The lowest BCUT2D eigenvalue weighted by molar-refractivity contribution is 0.158. The highest BCUT2D eigenvalue weighted by Crippen LogP contribution is 2.11. The number of nitrogens with one attached hydrogen (secondary N) is 1. The Morgan fingerprint density at radius 3 is 2.94 bits per heavy atom. The molecular weight excluding hydrogens is 214 g/mol. The van der Waals surface area contributed by atoms with Crippen molar-refractivity contribution in [3.05, 3.63) is 42.0 Å². The molecule has 0 aliphatic carbocycles. The zero-order chi connectivity index (χ0) is 12.5. The van der Waals surface area contributed by atoms with E-state index in [1.165, 1.54) is 5.56 Å². The molecule has 0 radical (unpaired) electrons. The summed E-state index contributed by atoms with van der Waals surface area (Å²) in [6, 6.07) is 8.04. The van der Waals surface area contributed by atoms with Gasteiger partial charge in [0.15, 0.2) is 0 Å². The fourth-order valence-corrected chi connectivity index (χ4v) is 1.41. The number of rotatable bonds is 8. The summed E-state index contributed by atoms with van der Waals surface area (Å²) in [7, 11) is 1.68. The minimum Gasteiger partial charge on any atom is -0.497 e. The molecule has 0 bridgehead atoms. The fourth-order valence-electron chi connectivity index (χ4n) is 1.41. The van der Waals surface area contributed by atoms with E-state index in [0.29, 0.717) is 13.2 Å². The van der Waals surface area contributed by atoms with Gasteiger partial charge in [0.25, 0.3) is 0 Å². The molecular formula is C14H21NO2. The van der Waals surface area contributed by atoms with Crippen LogP contribution < -0.4 is 10.1 Å². The van der Waals surface area contributed by atoms with Crippen molar-refractivity contribution in [3.63, 3.8) is 0 Å². The molecule has 0 fully saturated rings. The first-order valence-corrected chi connectivity index (χ1v) is 5.78. The highest BCUT2D eigenvalue weighted by Gasteiger charge is 1.95. The van der Waals surface area contributed by atoms with Gasteiger partial charge in [-0.2, -0.15) is 0 Å². The van der Waals surface area contributed by atoms with Crippen molar-refractivity contribution >= 4 is 0 Å². The number of hydrogen-bond acceptors (Lipinski definition) is 3. The minimum absolute atomic E-state index is 0.640. The molecule has 0 saturated heterocycles. The van der Waals surface area contributed by atoms with Crippen molar-refractivity contribution in [1.29, 1.82) is 0 Å². The van der Waals surface area contributed by atoms with E-state index in [4.69, 9.17) is 9.47 Å². The summed E-state index contributed by atoms with van der Waals surface area (Å²) in [5, 5.41) is 3.32. The topological polar surface area (TPSA) is 30.5 Å². The second-order valence-corrected chi connectivity index (χ2v) is 4.04. The van der Waals surface area contributed by atoms with E-state index in [9.17, 15) is 0 Å². The number of hydrogen-bond donors (Lipinski definition) is 1. The van der Waals surface area contributed by atoms with Crippen molar-refractivity contribution in [3.8, 4) is 5.75 Å². The molecule has 3 nitrogen and oxygen atoms in total. The molecule has 1 aromatic carbocycles. The SMILES string of the molecule is C=C(C)COCCNCc1cccc(OC)c1. The summed E-state index contributed by atoms with van der Waals surface area (Å²) >= 11 is 0. The molecule has 0 aliphatic heterocycles. The standard InChI is InChI=1S/C14H21NO2/c1-12(2)11-17-8-7-15-10-13-5-4-6-14(9-13)16-3/h4-6,9,15H,1,7-8,10-11H2,2-3H3. The van der Waals surface area contributed by atoms with Crippen LogP contribution >= 0.6 is 0 Å². The Kier molecular flexibility index (Phi) is 6.37. The molecule has 3 heteroatoms. The van der Waals surface area contributed by atoms with Crippen molar-refractivity contribution < 1.29 is 9.47 Å². The van der Waals surface area contributed by atoms with Gasteiger partial charge in [0.1, 0.15) is 5.75 Å². The maximum Gasteiger partial charge on any atom is 0.119 e. The normalized spacial score (nSPS) is 10.2. The molecule has 0 saturated carbocycles. The van der Waals surface area contributed by atoms with Crippen LogP contribution in [0.15, 0.2) is 36.4 Å². The van der Waals surface area contributed by atoms with Crippen molar-refractivity contribution in [2.24, 2.45) is 0 Å². The first-order chi connectivity index (χ1) is 8.22. The van der Waals surface area contributed by atoms with Crippen molar-refractivity contribution in [1.82, 2.24) is 5.32 Å². The van der Waals surface area contributed by atoms with E-state index in [1.807, 2.05) is 25.1 Å². The van der Waals surface area contributed by atoms with E-state index < -0.39 is 0 Å². The van der Waals surface area contributed by atoms with Crippen molar-refractivity contribution in [2.45, 2.75) is 13.5 Å². The lowest BCUT2D eigenvalue weighted by atomic mass is 10.2. The average Bonchev–Trinajstić information content (AvgIpc) is 2.33. The van der Waals surface area contributed by atoms with Crippen LogP contribution in [0.3, 0.4) is 0 Å². The summed E-state index contributed by atoms with van der Waals surface area (Å²) in [6.07, 6.45) is 0. The molecule has 1 rings (SSSR count). The number of methoxy groups -OCH3 is 1. The molecule has 0 unspecified atom stereocenters. The van der Waals surface area contributed by atoms with Crippen LogP contribution in [0, 0.1) is 0 Å². The Morgan fingerprint density at radius 1 is 1.41 bits per heavy atom. The summed E-state index contributed by atoms with van der Waals surface area (Å²) < 4.78 is 10.6. The van der Waals surface area contributed by atoms with E-state index in [1.54, 1.807) is 7.11 Å². The largest absolute Gasteiger partial charge is 0.497 e. The maximum absolute atomic E-state index is 5.39. The molecule has 0 spiro atoms. The lowest BCUT2D eigenvalue weighted by Crippen LogP contribution is -2.19. The molecule has 0 heterocycles. The summed E-state index contributed by atoms with van der Waals surface area (Å²) in [6.45, 7) is 8.75. The Bertz CT molecular complexity index is 350. The number of benzene rings is 1.